The normalized spacial score (nSPS) is 9.11. The zero-order valence-corrected chi connectivity index (χ0v) is 9.78. The van der Waals surface area contributed by atoms with E-state index in [0.717, 1.165) is 51.4 Å². The zero-order valence-electron chi connectivity index (χ0n) is 9.78. The van der Waals surface area contributed by atoms with Crippen molar-refractivity contribution in [2.45, 2.75) is 64.2 Å². The Morgan fingerprint density at radius 3 is 1.00 bits per heavy atom. The third kappa shape index (κ3) is 23.3. The first kappa shape index (κ1) is 25.2. The van der Waals surface area contributed by atoms with E-state index in [2.05, 4.69) is 0 Å². The average Bonchev–Trinajstić information content (AvgIpc) is 2.20. The van der Waals surface area contributed by atoms with Crippen LogP contribution in [0.4, 0.5) is 0 Å². The molecule has 0 spiro atoms. The van der Waals surface area contributed by atoms with E-state index < -0.39 is 11.9 Å². The summed E-state index contributed by atoms with van der Waals surface area (Å²) in [5.41, 5.74) is 0. The number of hydrogen-bond donors (Lipinski definition) is 2. The molecule has 4 nitrogen and oxygen atoms in total. The molecule has 0 unspecified atom stereocenters. The van der Waals surface area contributed by atoms with Gasteiger partial charge in [0.15, 0.2) is 0 Å². The van der Waals surface area contributed by atoms with E-state index in [1.807, 2.05) is 0 Å². The molecule has 18 heavy (non-hydrogen) atoms. The van der Waals surface area contributed by atoms with Crippen molar-refractivity contribution in [3.8, 4) is 0 Å². The Morgan fingerprint density at radius 2 is 0.778 bits per heavy atom. The van der Waals surface area contributed by atoms with Gasteiger partial charge in [0.1, 0.15) is 0 Å². The van der Waals surface area contributed by atoms with E-state index in [0.29, 0.717) is 0 Å². The summed E-state index contributed by atoms with van der Waals surface area (Å²) in [6, 6.07) is 0. The minimum atomic E-state index is -0.714. The summed E-state index contributed by atoms with van der Waals surface area (Å²) in [6.07, 6.45) is 8.51. The summed E-state index contributed by atoms with van der Waals surface area (Å²) >= 11 is 0. The molecule has 0 saturated carbocycles. The number of carbonyl (C=O) groups is 2. The fourth-order valence-electron chi connectivity index (χ4n) is 1.61. The van der Waals surface area contributed by atoms with Crippen LogP contribution in [0.3, 0.4) is 0 Å². The van der Waals surface area contributed by atoms with Gasteiger partial charge in [-0.1, -0.05) is 38.5 Å². The fourth-order valence-corrected chi connectivity index (χ4v) is 1.61. The molecule has 6 heteroatoms. The molecule has 0 aromatic heterocycles. The SMILES string of the molecule is O=C(O)CCCCCCCCCCC(=O)O.[KH].[KH]. The molecule has 0 fully saturated rings. The number of hydrogen-bond acceptors (Lipinski definition) is 2. The van der Waals surface area contributed by atoms with Gasteiger partial charge in [0.05, 0.1) is 0 Å². The molecule has 0 saturated heterocycles. The first-order chi connectivity index (χ1) is 7.63. The number of unbranched alkanes of at least 4 members (excludes halogenated alkanes) is 7. The van der Waals surface area contributed by atoms with Gasteiger partial charge in [-0.05, 0) is 12.8 Å². The Morgan fingerprint density at radius 1 is 0.556 bits per heavy atom. The zero-order chi connectivity index (χ0) is 12.2. The molecule has 0 aliphatic carbocycles. The van der Waals surface area contributed by atoms with Crippen LogP contribution in [0, 0.1) is 0 Å². The molecule has 0 atom stereocenters. The van der Waals surface area contributed by atoms with Crippen LogP contribution in [0.25, 0.3) is 0 Å². The molecule has 0 radical (unpaired) electrons. The van der Waals surface area contributed by atoms with Crippen molar-refractivity contribution in [1.82, 2.24) is 0 Å². The first-order valence-corrected chi connectivity index (χ1v) is 6.06. The molecule has 0 aromatic carbocycles. The van der Waals surface area contributed by atoms with Crippen molar-refractivity contribution in [2.75, 3.05) is 0 Å². The van der Waals surface area contributed by atoms with Gasteiger partial charge in [0, 0.05) is 12.8 Å². The quantitative estimate of drug-likeness (QED) is 0.450. The molecule has 0 aliphatic heterocycles. The Labute approximate surface area is 195 Å². The Hall–Kier alpha value is 2.21. The molecule has 0 bridgehead atoms. The summed E-state index contributed by atoms with van der Waals surface area (Å²) in [4.78, 5) is 20.4. The van der Waals surface area contributed by atoms with Gasteiger partial charge in [-0.15, -0.1) is 0 Å². The fraction of sp³-hybridized carbons (Fsp3) is 0.833. The molecule has 2 N–H and O–H groups in total. The third-order valence-corrected chi connectivity index (χ3v) is 2.53. The van der Waals surface area contributed by atoms with Crippen LogP contribution in [0.15, 0.2) is 0 Å². The first-order valence-electron chi connectivity index (χ1n) is 6.06. The van der Waals surface area contributed by atoms with Crippen LogP contribution >= 0.6 is 0 Å². The Kier molecular flexibility index (Phi) is 26.9. The summed E-state index contributed by atoms with van der Waals surface area (Å²) in [5, 5.41) is 16.8. The monoisotopic (exact) mass is 310 g/mol. The molecule has 0 aliphatic rings. The van der Waals surface area contributed by atoms with E-state index in [9.17, 15) is 9.59 Å². The van der Waals surface area contributed by atoms with E-state index in [4.69, 9.17) is 10.2 Å². The topological polar surface area (TPSA) is 74.6 Å². The van der Waals surface area contributed by atoms with Gasteiger partial charge in [-0.2, -0.15) is 0 Å². The average molecular weight is 311 g/mol. The second kappa shape index (κ2) is 19.2. The predicted molar refractivity (Wildman–Crippen MR) is 75.7 cm³/mol. The van der Waals surface area contributed by atoms with Crippen molar-refractivity contribution in [3.63, 3.8) is 0 Å². The third-order valence-electron chi connectivity index (χ3n) is 2.53. The molecule has 0 heterocycles. The van der Waals surface area contributed by atoms with Gasteiger partial charge in [0.2, 0.25) is 0 Å². The van der Waals surface area contributed by atoms with Crippen LogP contribution in [0.1, 0.15) is 64.2 Å². The maximum absolute atomic E-state index is 10.2. The van der Waals surface area contributed by atoms with Crippen LogP contribution in [-0.2, 0) is 9.59 Å². The summed E-state index contributed by atoms with van der Waals surface area (Å²) in [6.45, 7) is 0. The molecular formula is C12H24K2O4. The van der Waals surface area contributed by atoms with Gasteiger partial charge >= 0.3 is 115 Å². The summed E-state index contributed by atoms with van der Waals surface area (Å²) in [5.74, 6) is -1.43. The molecular weight excluding hydrogens is 286 g/mol. The molecule has 0 amide bonds. The van der Waals surface area contributed by atoms with E-state index in [-0.39, 0.29) is 116 Å². The van der Waals surface area contributed by atoms with Gasteiger partial charge < -0.3 is 10.2 Å². The number of rotatable bonds is 11. The second-order valence-electron chi connectivity index (χ2n) is 4.12. The summed E-state index contributed by atoms with van der Waals surface area (Å²) < 4.78 is 0. The van der Waals surface area contributed by atoms with Crippen molar-refractivity contribution >= 4 is 115 Å². The van der Waals surface area contributed by atoms with E-state index in [1.165, 1.54) is 0 Å². The van der Waals surface area contributed by atoms with Crippen molar-refractivity contribution < 1.29 is 19.8 Å². The second-order valence-corrected chi connectivity index (χ2v) is 4.12. The van der Waals surface area contributed by atoms with Crippen molar-refractivity contribution in [1.29, 1.82) is 0 Å². The minimum absolute atomic E-state index is 0. The predicted octanol–water partition coefficient (Wildman–Crippen LogP) is 1.76. The van der Waals surface area contributed by atoms with E-state index >= 15 is 0 Å². The van der Waals surface area contributed by atoms with Crippen molar-refractivity contribution in [2.24, 2.45) is 0 Å². The van der Waals surface area contributed by atoms with Gasteiger partial charge in [0.25, 0.3) is 0 Å². The standard InChI is InChI=1S/C12H22O4.2K.2H/c13-11(14)9-7-5-3-1-2-4-6-8-10-12(15)16;;;;/h1-10H2,(H,13,14)(H,15,16);;;;. The van der Waals surface area contributed by atoms with Gasteiger partial charge in [-0.25, -0.2) is 0 Å². The molecule has 0 rings (SSSR count). The number of aliphatic carboxylic acids is 2. The Balaban J connectivity index is -0.00000112. The van der Waals surface area contributed by atoms with E-state index in [1.54, 1.807) is 0 Å². The Bertz CT molecular complexity index is 188. The number of carboxylic acid groups (broad SMARTS) is 2. The van der Waals surface area contributed by atoms with Gasteiger partial charge in [-0.3, -0.25) is 9.59 Å². The summed E-state index contributed by atoms with van der Waals surface area (Å²) in [7, 11) is 0. The van der Waals surface area contributed by atoms with Crippen LogP contribution < -0.4 is 0 Å². The molecule has 0 aromatic rings. The number of carboxylic acids is 2. The van der Waals surface area contributed by atoms with Crippen LogP contribution in [0.5, 0.6) is 0 Å². The van der Waals surface area contributed by atoms with Crippen LogP contribution in [-0.4, -0.2) is 125 Å². The van der Waals surface area contributed by atoms with Crippen LogP contribution in [0.2, 0.25) is 0 Å². The van der Waals surface area contributed by atoms with Crippen molar-refractivity contribution in [3.05, 3.63) is 0 Å². The molecule has 98 valence electrons. The maximum atomic E-state index is 10.2.